The highest BCUT2D eigenvalue weighted by atomic mass is 79.9. The third kappa shape index (κ3) is 3.00. The largest absolute Gasteiger partial charge is 0.347 e. The van der Waals surface area contributed by atoms with Gasteiger partial charge in [-0.3, -0.25) is 4.57 Å². The Balaban J connectivity index is 2.37. The summed E-state index contributed by atoms with van der Waals surface area (Å²) in [7, 11) is 0. The van der Waals surface area contributed by atoms with Crippen molar-refractivity contribution in [2.45, 2.75) is 13.5 Å². The van der Waals surface area contributed by atoms with Gasteiger partial charge in [0.2, 0.25) is 0 Å². The van der Waals surface area contributed by atoms with Crippen molar-refractivity contribution in [2.24, 2.45) is 0 Å². The number of benzene rings is 1. The van der Waals surface area contributed by atoms with E-state index in [1.807, 2.05) is 6.92 Å². The van der Waals surface area contributed by atoms with Crippen molar-refractivity contribution in [1.82, 2.24) is 9.55 Å². The van der Waals surface area contributed by atoms with E-state index in [0.29, 0.717) is 16.6 Å². The SMILES string of the molecule is Cc1cnc(=O)n(Cc2cc(F)cc(Br)c2)c1. The molecule has 88 valence electrons. The Morgan fingerprint density at radius 1 is 1.41 bits per heavy atom. The van der Waals surface area contributed by atoms with Gasteiger partial charge in [0.1, 0.15) is 5.82 Å². The Morgan fingerprint density at radius 3 is 2.88 bits per heavy atom. The van der Waals surface area contributed by atoms with Crippen LogP contribution in [0.3, 0.4) is 0 Å². The van der Waals surface area contributed by atoms with Crippen LogP contribution >= 0.6 is 15.9 Å². The second-order valence-electron chi connectivity index (χ2n) is 3.82. The summed E-state index contributed by atoms with van der Waals surface area (Å²) in [5, 5.41) is 0. The van der Waals surface area contributed by atoms with E-state index in [1.54, 1.807) is 12.3 Å². The third-order valence-electron chi connectivity index (χ3n) is 2.26. The highest BCUT2D eigenvalue weighted by Gasteiger charge is 2.02. The minimum Gasteiger partial charge on any atom is -0.294 e. The number of hydrogen-bond donors (Lipinski definition) is 0. The van der Waals surface area contributed by atoms with Gasteiger partial charge in [-0.15, -0.1) is 0 Å². The molecule has 0 saturated heterocycles. The summed E-state index contributed by atoms with van der Waals surface area (Å²) in [5.74, 6) is -0.331. The minimum absolute atomic E-state index is 0.309. The summed E-state index contributed by atoms with van der Waals surface area (Å²) in [5.41, 5.74) is 1.27. The van der Waals surface area contributed by atoms with Crippen LogP contribution < -0.4 is 5.69 Å². The molecule has 17 heavy (non-hydrogen) atoms. The molecule has 0 aliphatic heterocycles. The average Bonchev–Trinajstić information content (AvgIpc) is 2.22. The number of aryl methyl sites for hydroxylation is 1. The Morgan fingerprint density at radius 2 is 2.18 bits per heavy atom. The van der Waals surface area contributed by atoms with Gasteiger partial charge >= 0.3 is 5.69 Å². The topological polar surface area (TPSA) is 34.9 Å². The fourth-order valence-electron chi connectivity index (χ4n) is 1.58. The second kappa shape index (κ2) is 4.79. The first-order valence-electron chi connectivity index (χ1n) is 5.02. The summed E-state index contributed by atoms with van der Waals surface area (Å²) in [4.78, 5) is 15.2. The van der Waals surface area contributed by atoms with Crippen LogP contribution in [0.4, 0.5) is 4.39 Å². The number of nitrogens with zero attached hydrogens (tertiary/aromatic N) is 2. The molecule has 0 N–H and O–H groups in total. The lowest BCUT2D eigenvalue weighted by Crippen LogP contribution is -2.22. The van der Waals surface area contributed by atoms with E-state index in [1.165, 1.54) is 22.9 Å². The van der Waals surface area contributed by atoms with E-state index >= 15 is 0 Å². The fraction of sp³-hybridized carbons (Fsp3) is 0.167. The van der Waals surface area contributed by atoms with Gasteiger partial charge in [0.15, 0.2) is 0 Å². The Hall–Kier alpha value is -1.49. The van der Waals surface area contributed by atoms with Crippen molar-refractivity contribution in [3.05, 3.63) is 62.5 Å². The molecule has 1 heterocycles. The molecule has 0 aliphatic rings. The van der Waals surface area contributed by atoms with Crippen molar-refractivity contribution in [3.63, 3.8) is 0 Å². The predicted molar refractivity (Wildman–Crippen MR) is 66.4 cm³/mol. The zero-order valence-corrected chi connectivity index (χ0v) is 10.7. The molecule has 0 amide bonds. The Bertz CT molecular complexity index is 589. The standard InChI is InChI=1S/C12H10BrFN2O/c1-8-5-15-12(17)16(6-8)7-9-2-10(13)4-11(14)3-9/h2-6H,7H2,1H3. The van der Waals surface area contributed by atoms with E-state index in [9.17, 15) is 9.18 Å². The molecule has 0 radical (unpaired) electrons. The molecule has 0 fully saturated rings. The van der Waals surface area contributed by atoms with Crippen LogP contribution in [0.2, 0.25) is 0 Å². The van der Waals surface area contributed by atoms with Crippen molar-refractivity contribution >= 4 is 15.9 Å². The minimum atomic E-state index is -0.337. The molecule has 0 saturated carbocycles. The molecule has 0 atom stereocenters. The Kier molecular flexibility index (Phi) is 3.38. The van der Waals surface area contributed by atoms with Crippen LogP contribution in [0.1, 0.15) is 11.1 Å². The van der Waals surface area contributed by atoms with Gasteiger partial charge in [0.25, 0.3) is 0 Å². The van der Waals surface area contributed by atoms with Gasteiger partial charge in [-0.1, -0.05) is 15.9 Å². The van der Waals surface area contributed by atoms with Gasteiger partial charge < -0.3 is 0 Å². The summed E-state index contributed by atoms with van der Waals surface area (Å²) >= 11 is 3.22. The van der Waals surface area contributed by atoms with Crippen LogP contribution in [0.15, 0.2) is 39.9 Å². The zero-order chi connectivity index (χ0) is 12.4. The van der Waals surface area contributed by atoms with E-state index in [2.05, 4.69) is 20.9 Å². The van der Waals surface area contributed by atoms with Gasteiger partial charge in [-0.25, -0.2) is 14.2 Å². The van der Waals surface area contributed by atoms with Gasteiger partial charge in [0.05, 0.1) is 6.54 Å². The second-order valence-corrected chi connectivity index (χ2v) is 4.74. The average molecular weight is 297 g/mol. The number of hydrogen-bond acceptors (Lipinski definition) is 2. The lowest BCUT2D eigenvalue weighted by Gasteiger charge is -2.06. The van der Waals surface area contributed by atoms with Gasteiger partial charge in [0, 0.05) is 16.9 Å². The smallest absolute Gasteiger partial charge is 0.294 e. The first-order chi connectivity index (χ1) is 8.04. The molecule has 0 aliphatic carbocycles. The van der Waals surface area contributed by atoms with Crippen LogP contribution in [0.5, 0.6) is 0 Å². The molecule has 0 unspecified atom stereocenters. The van der Waals surface area contributed by atoms with Crippen molar-refractivity contribution in [3.8, 4) is 0 Å². The lowest BCUT2D eigenvalue weighted by atomic mass is 10.2. The third-order valence-corrected chi connectivity index (χ3v) is 2.72. The molecular weight excluding hydrogens is 287 g/mol. The summed E-state index contributed by atoms with van der Waals surface area (Å²) in [6, 6.07) is 4.55. The van der Waals surface area contributed by atoms with E-state index in [-0.39, 0.29) is 11.5 Å². The molecule has 0 spiro atoms. The van der Waals surface area contributed by atoms with E-state index < -0.39 is 0 Å². The highest BCUT2D eigenvalue weighted by Crippen LogP contribution is 2.15. The quantitative estimate of drug-likeness (QED) is 0.853. The highest BCUT2D eigenvalue weighted by molar-refractivity contribution is 9.10. The number of rotatable bonds is 2. The lowest BCUT2D eigenvalue weighted by molar-refractivity contribution is 0.620. The molecular formula is C12H10BrFN2O. The first kappa shape index (κ1) is 12.0. The van der Waals surface area contributed by atoms with Crippen molar-refractivity contribution in [1.29, 1.82) is 0 Å². The van der Waals surface area contributed by atoms with Crippen LogP contribution in [0, 0.1) is 12.7 Å². The summed E-state index contributed by atoms with van der Waals surface area (Å²) in [6.07, 6.45) is 3.22. The molecule has 1 aromatic carbocycles. The monoisotopic (exact) mass is 296 g/mol. The maximum absolute atomic E-state index is 13.2. The summed E-state index contributed by atoms with van der Waals surface area (Å²) < 4.78 is 15.3. The normalized spacial score (nSPS) is 10.5. The van der Waals surface area contributed by atoms with Gasteiger partial charge in [-0.05, 0) is 36.2 Å². The van der Waals surface area contributed by atoms with Crippen LogP contribution in [-0.4, -0.2) is 9.55 Å². The number of halogens is 2. The molecule has 5 heteroatoms. The van der Waals surface area contributed by atoms with E-state index in [0.717, 1.165) is 5.56 Å². The van der Waals surface area contributed by atoms with Crippen molar-refractivity contribution in [2.75, 3.05) is 0 Å². The molecule has 3 nitrogen and oxygen atoms in total. The maximum atomic E-state index is 13.2. The van der Waals surface area contributed by atoms with Gasteiger partial charge in [-0.2, -0.15) is 0 Å². The summed E-state index contributed by atoms with van der Waals surface area (Å²) in [6.45, 7) is 2.16. The molecule has 2 aromatic rings. The Labute approximate surface area is 106 Å². The fourth-order valence-corrected chi connectivity index (χ4v) is 2.09. The van der Waals surface area contributed by atoms with Crippen LogP contribution in [-0.2, 0) is 6.54 Å². The van der Waals surface area contributed by atoms with Crippen molar-refractivity contribution < 1.29 is 4.39 Å². The maximum Gasteiger partial charge on any atom is 0.347 e. The van der Waals surface area contributed by atoms with E-state index in [4.69, 9.17) is 0 Å². The zero-order valence-electron chi connectivity index (χ0n) is 9.15. The molecule has 2 rings (SSSR count). The van der Waals surface area contributed by atoms with Crippen LogP contribution in [0.25, 0.3) is 0 Å². The predicted octanol–water partition coefficient (Wildman–Crippen LogP) is 2.50. The molecule has 0 bridgehead atoms. The number of aromatic nitrogens is 2. The molecule has 1 aromatic heterocycles. The first-order valence-corrected chi connectivity index (χ1v) is 5.82.